The third-order valence-electron chi connectivity index (χ3n) is 3.74. The molecule has 0 saturated heterocycles. The highest BCUT2D eigenvalue weighted by Crippen LogP contribution is 2.24. The first kappa shape index (κ1) is 18.6. The van der Waals surface area contributed by atoms with Crippen LogP contribution in [0.4, 0.5) is 9.93 Å². The summed E-state index contributed by atoms with van der Waals surface area (Å²) in [5.41, 5.74) is 2.64. The van der Waals surface area contributed by atoms with Crippen LogP contribution >= 0.6 is 11.3 Å². The number of benzene rings is 2. The van der Waals surface area contributed by atoms with Crippen LogP contribution in [0.25, 0.3) is 11.3 Å². The normalized spacial score (nSPS) is 11.4. The number of amides is 2. The van der Waals surface area contributed by atoms with Crippen molar-refractivity contribution in [2.75, 3.05) is 5.32 Å². The van der Waals surface area contributed by atoms with Gasteiger partial charge in [0.1, 0.15) is 12.6 Å². The van der Waals surface area contributed by atoms with Gasteiger partial charge in [0.15, 0.2) is 5.13 Å². The molecule has 2 amide bonds. The van der Waals surface area contributed by atoms with Gasteiger partial charge in [-0.05, 0) is 12.5 Å². The number of carbonyl (C=O) groups is 2. The summed E-state index contributed by atoms with van der Waals surface area (Å²) in [6.07, 6.45) is -0.648. The second-order valence-corrected chi connectivity index (χ2v) is 6.68. The first-order valence-electron chi connectivity index (χ1n) is 8.41. The number of anilines is 1. The lowest BCUT2D eigenvalue weighted by atomic mass is 10.2. The van der Waals surface area contributed by atoms with Crippen molar-refractivity contribution in [1.82, 2.24) is 10.3 Å². The lowest BCUT2D eigenvalue weighted by Crippen LogP contribution is -2.41. The van der Waals surface area contributed by atoms with E-state index in [9.17, 15) is 9.59 Å². The first-order valence-corrected chi connectivity index (χ1v) is 9.29. The highest BCUT2D eigenvalue weighted by atomic mass is 32.1. The van der Waals surface area contributed by atoms with Crippen LogP contribution < -0.4 is 10.6 Å². The van der Waals surface area contributed by atoms with Gasteiger partial charge in [-0.15, -0.1) is 11.3 Å². The number of alkyl carbamates (subject to hydrolysis) is 1. The van der Waals surface area contributed by atoms with E-state index in [2.05, 4.69) is 15.6 Å². The third kappa shape index (κ3) is 5.39. The van der Waals surface area contributed by atoms with Gasteiger partial charge in [0.2, 0.25) is 5.91 Å². The van der Waals surface area contributed by atoms with Crippen molar-refractivity contribution < 1.29 is 14.3 Å². The molecule has 0 radical (unpaired) electrons. The van der Waals surface area contributed by atoms with Gasteiger partial charge in [0.25, 0.3) is 0 Å². The molecule has 0 aliphatic heterocycles. The number of nitrogens with one attached hydrogen (secondary N) is 2. The number of carbonyl (C=O) groups excluding carboxylic acids is 2. The Bertz CT molecular complexity index is 897. The summed E-state index contributed by atoms with van der Waals surface area (Å²) in [7, 11) is 0. The number of aromatic nitrogens is 1. The zero-order valence-corrected chi connectivity index (χ0v) is 15.5. The van der Waals surface area contributed by atoms with E-state index >= 15 is 0 Å². The number of rotatable bonds is 6. The molecule has 0 unspecified atom stereocenters. The SMILES string of the molecule is C[C@H](NC(=O)OCc1ccccc1)C(=O)Nc1nc(-c2ccccc2)cs1. The number of hydrogen-bond donors (Lipinski definition) is 2. The zero-order chi connectivity index (χ0) is 19.1. The summed E-state index contributed by atoms with van der Waals surface area (Å²) in [5, 5.41) is 7.57. The molecule has 1 heterocycles. The molecule has 0 aliphatic rings. The molecule has 0 aliphatic carbocycles. The van der Waals surface area contributed by atoms with Gasteiger partial charge in [0, 0.05) is 10.9 Å². The number of hydrogen-bond acceptors (Lipinski definition) is 5. The average Bonchev–Trinajstić information content (AvgIpc) is 3.16. The van der Waals surface area contributed by atoms with Crippen LogP contribution in [-0.4, -0.2) is 23.0 Å². The molecule has 2 N–H and O–H groups in total. The Balaban J connectivity index is 1.49. The predicted molar refractivity (Wildman–Crippen MR) is 105 cm³/mol. The van der Waals surface area contributed by atoms with Gasteiger partial charge >= 0.3 is 6.09 Å². The second kappa shape index (κ2) is 8.95. The molecule has 0 fully saturated rings. The zero-order valence-electron chi connectivity index (χ0n) is 14.7. The molecule has 6 nitrogen and oxygen atoms in total. The summed E-state index contributed by atoms with van der Waals surface area (Å²) in [5.74, 6) is -0.361. The molecule has 0 spiro atoms. The molecule has 138 valence electrons. The minimum atomic E-state index is -0.752. The van der Waals surface area contributed by atoms with E-state index in [1.807, 2.05) is 66.0 Å². The predicted octanol–water partition coefficient (Wildman–Crippen LogP) is 4.06. The Morgan fingerprint density at radius 3 is 2.44 bits per heavy atom. The molecule has 1 aromatic heterocycles. The van der Waals surface area contributed by atoms with E-state index in [0.717, 1.165) is 16.8 Å². The fraction of sp³-hybridized carbons (Fsp3) is 0.150. The fourth-order valence-electron chi connectivity index (χ4n) is 2.29. The highest BCUT2D eigenvalue weighted by Gasteiger charge is 2.18. The molecule has 0 bridgehead atoms. The highest BCUT2D eigenvalue weighted by molar-refractivity contribution is 7.14. The standard InChI is InChI=1S/C20H19N3O3S/c1-14(21-20(25)26-12-15-8-4-2-5-9-15)18(24)23-19-22-17(13-27-19)16-10-6-3-7-11-16/h2-11,13-14H,12H2,1H3,(H,21,25)(H,22,23,24)/t14-/m0/s1. The Labute approximate surface area is 161 Å². The number of nitrogens with zero attached hydrogens (tertiary/aromatic N) is 1. The lowest BCUT2D eigenvalue weighted by Gasteiger charge is -2.13. The van der Waals surface area contributed by atoms with Crippen molar-refractivity contribution in [3.05, 3.63) is 71.6 Å². The maximum Gasteiger partial charge on any atom is 0.408 e. The summed E-state index contributed by atoms with van der Waals surface area (Å²) < 4.78 is 5.12. The van der Waals surface area contributed by atoms with Crippen molar-refractivity contribution in [2.45, 2.75) is 19.6 Å². The Morgan fingerprint density at radius 1 is 1.07 bits per heavy atom. The van der Waals surface area contributed by atoms with Crippen LogP contribution in [0.15, 0.2) is 66.0 Å². The molecule has 0 saturated carbocycles. The minimum absolute atomic E-state index is 0.147. The van der Waals surface area contributed by atoms with Crippen molar-refractivity contribution in [3.8, 4) is 11.3 Å². The Hall–Kier alpha value is -3.19. The van der Waals surface area contributed by atoms with Crippen LogP contribution in [0.3, 0.4) is 0 Å². The van der Waals surface area contributed by atoms with Gasteiger partial charge in [-0.2, -0.15) is 0 Å². The summed E-state index contributed by atoms with van der Waals surface area (Å²) >= 11 is 1.33. The van der Waals surface area contributed by atoms with Crippen LogP contribution in [0.1, 0.15) is 12.5 Å². The van der Waals surface area contributed by atoms with Gasteiger partial charge in [-0.25, -0.2) is 9.78 Å². The average molecular weight is 381 g/mol. The van der Waals surface area contributed by atoms with Gasteiger partial charge in [-0.1, -0.05) is 60.7 Å². The van der Waals surface area contributed by atoms with Gasteiger partial charge < -0.3 is 15.4 Å². The molecular weight excluding hydrogens is 362 g/mol. The van der Waals surface area contributed by atoms with Crippen LogP contribution in [-0.2, 0) is 16.1 Å². The van der Waals surface area contributed by atoms with Crippen molar-refractivity contribution in [2.24, 2.45) is 0 Å². The van der Waals surface area contributed by atoms with E-state index < -0.39 is 12.1 Å². The monoisotopic (exact) mass is 381 g/mol. The third-order valence-corrected chi connectivity index (χ3v) is 4.50. The fourth-order valence-corrected chi connectivity index (χ4v) is 3.02. The molecule has 3 rings (SSSR count). The molecule has 27 heavy (non-hydrogen) atoms. The maximum atomic E-state index is 12.3. The number of ether oxygens (including phenoxy) is 1. The van der Waals surface area contributed by atoms with Crippen LogP contribution in [0.5, 0.6) is 0 Å². The van der Waals surface area contributed by atoms with E-state index in [1.165, 1.54) is 11.3 Å². The van der Waals surface area contributed by atoms with Crippen LogP contribution in [0, 0.1) is 0 Å². The van der Waals surface area contributed by atoms with E-state index in [1.54, 1.807) is 6.92 Å². The van der Waals surface area contributed by atoms with Crippen molar-refractivity contribution in [3.63, 3.8) is 0 Å². The van der Waals surface area contributed by atoms with Gasteiger partial charge in [-0.3, -0.25) is 4.79 Å². The quantitative estimate of drug-likeness (QED) is 0.675. The summed E-state index contributed by atoms with van der Waals surface area (Å²) in [6, 6.07) is 18.3. The van der Waals surface area contributed by atoms with E-state index in [-0.39, 0.29) is 12.5 Å². The van der Waals surface area contributed by atoms with Crippen LogP contribution in [0.2, 0.25) is 0 Å². The largest absolute Gasteiger partial charge is 0.445 e. The second-order valence-electron chi connectivity index (χ2n) is 5.82. The molecule has 7 heteroatoms. The molecule has 1 atom stereocenters. The van der Waals surface area contributed by atoms with Crippen molar-refractivity contribution in [1.29, 1.82) is 0 Å². The molecule has 2 aromatic carbocycles. The van der Waals surface area contributed by atoms with E-state index in [0.29, 0.717) is 5.13 Å². The maximum absolute atomic E-state index is 12.3. The molecule has 3 aromatic rings. The lowest BCUT2D eigenvalue weighted by molar-refractivity contribution is -0.117. The number of thiazole rings is 1. The first-order chi connectivity index (χ1) is 13.1. The van der Waals surface area contributed by atoms with E-state index in [4.69, 9.17) is 4.74 Å². The van der Waals surface area contributed by atoms with Crippen molar-refractivity contribution >= 4 is 28.5 Å². The Kier molecular flexibility index (Phi) is 6.17. The minimum Gasteiger partial charge on any atom is -0.445 e. The van der Waals surface area contributed by atoms with Gasteiger partial charge in [0.05, 0.1) is 5.69 Å². The topological polar surface area (TPSA) is 80.3 Å². The molecular formula is C20H19N3O3S. The summed E-state index contributed by atoms with van der Waals surface area (Å²) in [6.45, 7) is 1.73. The smallest absolute Gasteiger partial charge is 0.408 e. The summed E-state index contributed by atoms with van der Waals surface area (Å²) in [4.78, 5) is 28.5. The Morgan fingerprint density at radius 2 is 1.74 bits per heavy atom.